The number of H-pyrrole nitrogens is 1. The van der Waals surface area contributed by atoms with Crippen LogP contribution >= 0.6 is 0 Å². The highest BCUT2D eigenvalue weighted by Gasteiger charge is 2.18. The number of hydrogen-bond donors (Lipinski definition) is 2. The van der Waals surface area contributed by atoms with E-state index in [0.717, 1.165) is 34.6 Å². The normalized spacial score (nSPS) is 11.4. The van der Waals surface area contributed by atoms with Crippen molar-refractivity contribution >= 4 is 21.8 Å². The minimum Gasteiger partial charge on any atom is -0.507 e. The van der Waals surface area contributed by atoms with Gasteiger partial charge in [0.05, 0.1) is 5.52 Å². The van der Waals surface area contributed by atoms with Crippen molar-refractivity contribution in [3.63, 3.8) is 0 Å². The van der Waals surface area contributed by atoms with Crippen LogP contribution in [0.5, 0.6) is 5.75 Å². The fourth-order valence-corrected chi connectivity index (χ4v) is 3.72. The number of phenols is 1. The molecule has 1 heterocycles. The third kappa shape index (κ3) is 2.10. The van der Waals surface area contributed by atoms with Crippen molar-refractivity contribution < 1.29 is 5.11 Å². The van der Waals surface area contributed by atoms with Gasteiger partial charge in [0.15, 0.2) is 0 Å². The highest BCUT2D eigenvalue weighted by molar-refractivity contribution is 6.15. The van der Waals surface area contributed by atoms with Gasteiger partial charge in [-0.2, -0.15) is 0 Å². The van der Waals surface area contributed by atoms with Crippen molar-refractivity contribution in [2.75, 3.05) is 0 Å². The molecule has 0 saturated heterocycles. The Morgan fingerprint density at radius 2 is 1.58 bits per heavy atom. The summed E-state index contributed by atoms with van der Waals surface area (Å²) in [7, 11) is 0. The van der Waals surface area contributed by atoms with Crippen LogP contribution in [0.15, 0.2) is 54.6 Å². The Labute approximate surface area is 141 Å². The topological polar surface area (TPSA) is 36.0 Å². The number of rotatable bonds is 3. The minimum atomic E-state index is 0.358. The predicted octanol–water partition coefficient (Wildman–Crippen LogP) is 5.82. The van der Waals surface area contributed by atoms with Gasteiger partial charge in [0.2, 0.25) is 0 Å². The van der Waals surface area contributed by atoms with Crippen LogP contribution < -0.4 is 0 Å². The van der Waals surface area contributed by atoms with Gasteiger partial charge in [0.25, 0.3) is 0 Å². The zero-order valence-electron chi connectivity index (χ0n) is 14.1. The molecule has 4 rings (SSSR count). The summed E-state index contributed by atoms with van der Waals surface area (Å²) in [5, 5.41) is 12.6. The van der Waals surface area contributed by atoms with Crippen LogP contribution in [-0.2, 0) is 12.8 Å². The van der Waals surface area contributed by atoms with E-state index in [9.17, 15) is 5.11 Å². The van der Waals surface area contributed by atoms with Gasteiger partial charge in [0, 0.05) is 21.9 Å². The van der Waals surface area contributed by atoms with E-state index >= 15 is 0 Å². The average Bonchev–Trinajstić information content (AvgIpc) is 3.01. The van der Waals surface area contributed by atoms with E-state index in [0.29, 0.717) is 5.75 Å². The number of aromatic nitrogens is 1. The van der Waals surface area contributed by atoms with E-state index in [2.05, 4.69) is 55.2 Å². The van der Waals surface area contributed by atoms with Gasteiger partial charge in [-0.1, -0.05) is 56.3 Å². The molecule has 0 aliphatic heterocycles. The molecule has 120 valence electrons. The van der Waals surface area contributed by atoms with Crippen molar-refractivity contribution in [3.05, 3.63) is 65.7 Å². The molecule has 0 unspecified atom stereocenters. The molecule has 0 atom stereocenters. The molecule has 0 bridgehead atoms. The molecule has 1 aromatic heterocycles. The minimum absolute atomic E-state index is 0.358. The Kier molecular flexibility index (Phi) is 3.53. The molecule has 0 spiro atoms. The average molecular weight is 315 g/mol. The summed E-state index contributed by atoms with van der Waals surface area (Å²) in [4.78, 5) is 3.55. The maximum atomic E-state index is 10.6. The summed E-state index contributed by atoms with van der Waals surface area (Å²) in [6.07, 6.45) is 1.87. The Balaban J connectivity index is 2.19. The fraction of sp³-hybridized carbons (Fsp3) is 0.182. The number of aryl methyl sites for hydroxylation is 2. The smallest absolute Gasteiger partial charge is 0.125 e. The summed E-state index contributed by atoms with van der Waals surface area (Å²) in [6.45, 7) is 4.33. The van der Waals surface area contributed by atoms with Crippen LogP contribution in [-0.4, -0.2) is 10.1 Å². The monoisotopic (exact) mass is 315 g/mol. The number of phenolic OH excluding ortho intramolecular Hbond substituents is 1. The molecular formula is C22H21NO. The number of nitrogens with one attached hydrogen (secondary N) is 1. The van der Waals surface area contributed by atoms with Crippen molar-refractivity contribution in [1.82, 2.24) is 4.98 Å². The number of aromatic hydroxyl groups is 1. The van der Waals surface area contributed by atoms with Crippen LogP contribution in [0.4, 0.5) is 0 Å². The van der Waals surface area contributed by atoms with Crippen molar-refractivity contribution in [2.24, 2.45) is 0 Å². The first-order valence-corrected chi connectivity index (χ1v) is 8.58. The molecular weight excluding hydrogens is 294 g/mol. The molecule has 0 aliphatic carbocycles. The van der Waals surface area contributed by atoms with Gasteiger partial charge in [0.1, 0.15) is 5.75 Å². The summed E-state index contributed by atoms with van der Waals surface area (Å²) < 4.78 is 0. The highest BCUT2D eigenvalue weighted by atomic mass is 16.3. The van der Waals surface area contributed by atoms with Crippen molar-refractivity contribution in [1.29, 1.82) is 0 Å². The molecule has 0 amide bonds. The lowest BCUT2D eigenvalue weighted by Crippen LogP contribution is -1.94. The maximum Gasteiger partial charge on any atom is 0.125 e. The first-order chi connectivity index (χ1) is 11.7. The Morgan fingerprint density at radius 3 is 2.38 bits per heavy atom. The predicted molar refractivity (Wildman–Crippen MR) is 102 cm³/mol. The largest absolute Gasteiger partial charge is 0.507 e. The van der Waals surface area contributed by atoms with Crippen LogP contribution in [0.3, 0.4) is 0 Å². The quantitative estimate of drug-likeness (QED) is 0.491. The van der Waals surface area contributed by atoms with E-state index in [1.807, 2.05) is 18.2 Å². The molecule has 2 heteroatoms. The lowest BCUT2D eigenvalue weighted by Gasteiger charge is -2.14. The molecule has 0 fully saturated rings. The first-order valence-electron chi connectivity index (χ1n) is 8.58. The second kappa shape index (κ2) is 5.72. The summed E-state index contributed by atoms with van der Waals surface area (Å²) in [5.41, 5.74) is 7.08. The highest BCUT2D eigenvalue weighted by Crippen LogP contribution is 2.42. The summed E-state index contributed by atoms with van der Waals surface area (Å²) >= 11 is 0. The zero-order chi connectivity index (χ0) is 16.7. The molecule has 2 N–H and O–H groups in total. The van der Waals surface area contributed by atoms with Crippen LogP contribution in [0.2, 0.25) is 0 Å². The maximum absolute atomic E-state index is 10.6. The Hall–Kier alpha value is -2.74. The first kappa shape index (κ1) is 14.8. The standard InChI is InChI=1S/C22H21NO/c1-3-14-9-5-6-10-16(14)20-15(4-2)13-19(24)21-17-11-7-8-12-18(17)23-22(20)21/h5-13,23-24H,3-4H2,1-2H3. The number of para-hydroxylation sites is 1. The van der Waals surface area contributed by atoms with E-state index in [-0.39, 0.29) is 0 Å². The Bertz CT molecular complexity index is 1040. The van der Waals surface area contributed by atoms with Crippen LogP contribution in [0, 0.1) is 0 Å². The molecule has 0 radical (unpaired) electrons. The second-order valence-corrected chi connectivity index (χ2v) is 6.21. The second-order valence-electron chi connectivity index (χ2n) is 6.21. The zero-order valence-corrected chi connectivity index (χ0v) is 14.1. The van der Waals surface area contributed by atoms with Crippen molar-refractivity contribution in [2.45, 2.75) is 26.7 Å². The van der Waals surface area contributed by atoms with E-state index < -0.39 is 0 Å². The van der Waals surface area contributed by atoms with E-state index in [1.54, 1.807) is 0 Å². The van der Waals surface area contributed by atoms with Crippen LogP contribution in [0.25, 0.3) is 32.9 Å². The van der Waals surface area contributed by atoms with E-state index in [4.69, 9.17) is 0 Å². The van der Waals surface area contributed by atoms with Gasteiger partial charge in [-0.15, -0.1) is 0 Å². The Morgan fingerprint density at radius 1 is 0.875 bits per heavy atom. The third-order valence-corrected chi connectivity index (χ3v) is 4.89. The molecule has 0 aliphatic rings. The fourth-order valence-electron chi connectivity index (χ4n) is 3.72. The van der Waals surface area contributed by atoms with Gasteiger partial charge in [-0.05, 0) is 41.7 Å². The summed E-state index contributed by atoms with van der Waals surface area (Å²) in [5.74, 6) is 0.358. The number of aromatic amines is 1. The molecule has 0 saturated carbocycles. The van der Waals surface area contributed by atoms with Crippen LogP contribution in [0.1, 0.15) is 25.0 Å². The number of benzene rings is 3. The van der Waals surface area contributed by atoms with E-state index in [1.165, 1.54) is 22.3 Å². The van der Waals surface area contributed by atoms with Gasteiger partial charge < -0.3 is 10.1 Å². The molecule has 24 heavy (non-hydrogen) atoms. The van der Waals surface area contributed by atoms with Gasteiger partial charge >= 0.3 is 0 Å². The lowest BCUT2D eigenvalue weighted by atomic mass is 9.91. The number of hydrogen-bond acceptors (Lipinski definition) is 1. The molecule has 2 nitrogen and oxygen atoms in total. The third-order valence-electron chi connectivity index (χ3n) is 4.89. The lowest BCUT2D eigenvalue weighted by molar-refractivity contribution is 0.481. The van der Waals surface area contributed by atoms with Gasteiger partial charge in [-0.25, -0.2) is 0 Å². The molecule has 4 aromatic rings. The SMILES string of the molecule is CCc1ccccc1-c1c(CC)cc(O)c2c1[nH]c1ccccc12. The summed E-state index contributed by atoms with van der Waals surface area (Å²) in [6, 6.07) is 18.7. The molecule has 3 aromatic carbocycles. The number of fused-ring (bicyclic) bond motifs is 3. The van der Waals surface area contributed by atoms with Gasteiger partial charge in [-0.3, -0.25) is 0 Å². The van der Waals surface area contributed by atoms with Crippen molar-refractivity contribution in [3.8, 4) is 16.9 Å².